The lowest BCUT2D eigenvalue weighted by molar-refractivity contribution is -0.0512. The molecule has 31 heavy (non-hydrogen) atoms. The fraction of sp³-hybridized carbons (Fsp3) is 0.350. The summed E-state index contributed by atoms with van der Waals surface area (Å²) in [5.41, 5.74) is 0.630. The van der Waals surface area contributed by atoms with Crippen LogP contribution in [-0.4, -0.2) is 40.6 Å². The molecule has 2 rings (SSSR count). The number of benzene rings is 2. The van der Waals surface area contributed by atoms with Crippen LogP contribution in [0.5, 0.6) is 11.5 Å². The average molecular weight is 477 g/mol. The highest BCUT2D eigenvalue weighted by atomic mass is 35.5. The highest BCUT2D eigenvalue weighted by Crippen LogP contribution is 2.29. The van der Waals surface area contributed by atoms with Gasteiger partial charge in [-0.15, -0.1) is 0 Å². The maximum atomic E-state index is 12.5. The lowest BCUT2D eigenvalue weighted by atomic mass is 10.1. The number of nitrogens with one attached hydrogen (secondary N) is 2. The van der Waals surface area contributed by atoms with Gasteiger partial charge in [-0.3, -0.25) is 4.79 Å². The smallest absolute Gasteiger partial charge is 0.387 e. The molecule has 0 bridgehead atoms. The van der Waals surface area contributed by atoms with Gasteiger partial charge < -0.3 is 14.8 Å². The Bertz CT molecular complexity index is 1030. The first-order chi connectivity index (χ1) is 14.5. The Hall–Kier alpha value is -2.43. The second-order valence-electron chi connectivity index (χ2n) is 6.79. The number of methoxy groups -OCH3 is 1. The number of carbonyl (C=O) groups excluding carboxylic acids is 1. The molecule has 11 heteroatoms. The van der Waals surface area contributed by atoms with Crippen LogP contribution in [0.1, 0.15) is 29.8 Å². The number of amides is 1. The summed E-state index contributed by atoms with van der Waals surface area (Å²) in [5, 5.41) is 2.73. The minimum atomic E-state index is -3.79. The van der Waals surface area contributed by atoms with Crippen molar-refractivity contribution in [1.82, 2.24) is 10.0 Å². The van der Waals surface area contributed by atoms with E-state index in [0.717, 1.165) is 0 Å². The molecule has 0 fully saturated rings. The molecular weight excluding hydrogens is 454 g/mol. The summed E-state index contributed by atoms with van der Waals surface area (Å²) < 4.78 is 61.6. The average Bonchev–Trinajstić information content (AvgIpc) is 2.66. The number of sulfonamides is 1. The predicted octanol–water partition coefficient (Wildman–Crippen LogP) is 3.61. The maximum Gasteiger partial charge on any atom is 0.387 e. The summed E-state index contributed by atoms with van der Waals surface area (Å²) in [6.45, 7) is 0.507. The zero-order valence-corrected chi connectivity index (χ0v) is 18.7. The third-order valence-electron chi connectivity index (χ3n) is 4.03. The monoisotopic (exact) mass is 476 g/mol. The molecule has 0 aromatic heterocycles. The van der Waals surface area contributed by atoms with E-state index in [9.17, 15) is 22.0 Å². The molecule has 2 N–H and O–H groups in total. The summed E-state index contributed by atoms with van der Waals surface area (Å²) in [6, 6.07) is 8.07. The van der Waals surface area contributed by atoms with E-state index in [0.29, 0.717) is 12.0 Å². The first-order valence-corrected chi connectivity index (χ1v) is 11.1. The van der Waals surface area contributed by atoms with Gasteiger partial charge in [0.2, 0.25) is 10.0 Å². The van der Waals surface area contributed by atoms with E-state index in [-0.39, 0.29) is 39.6 Å². The van der Waals surface area contributed by atoms with Gasteiger partial charge in [0.05, 0.1) is 22.6 Å². The van der Waals surface area contributed by atoms with Gasteiger partial charge in [0.1, 0.15) is 0 Å². The lowest BCUT2D eigenvalue weighted by Gasteiger charge is -2.13. The Kier molecular flexibility index (Phi) is 8.60. The maximum absolute atomic E-state index is 12.5. The van der Waals surface area contributed by atoms with Gasteiger partial charge in [-0.2, -0.15) is 8.78 Å². The summed E-state index contributed by atoms with van der Waals surface area (Å²) in [4.78, 5) is 12.4. The molecule has 2 aromatic rings. The van der Waals surface area contributed by atoms with E-state index >= 15 is 0 Å². The fourth-order valence-electron chi connectivity index (χ4n) is 2.70. The van der Waals surface area contributed by atoms with E-state index in [1.807, 2.05) is 0 Å². The van der Waals surface area contributed by atoms with Crippen LogP contribution < -0.4 is 19.5 Å². The van der Waals surface area contributed by atoms with Crippen molar-refractivity contribution in [2.75, 3.05) is 13.7 Å². The number of hydrogen-bond donors (Lipinski definition) is 2. The van der Waals surface area contributed by atoms with Crippen LogP contribution >= 0.6 is 11.6 Å². The van der Waals surface area contributed by atoms with E-state index < -0.39 is 22.5 Å². The minimum Gasteiger partial charge on any atom is -0.493 e. The highest BCUT2D eigenvalue weighted by molar-refractivity contribution is 7.89. The van der Waals surface area contributed by atoms with Crippen LogP contribution in [0, 0.1) is 0 Å². The summed E-state index contributed by atoms with van der Waals surface area (Å²) in [5.74, 6) is -0.517. The van der Waals surface area contributed by atoms with E-state index in [1.54, 1.807) is 19.9 Å². The van der Waals surface area contributed by atoms with Gasteiger partial charge in [-0.25, -0.2) is 13.1 Å². The van der Waals surface area contributed by atoms with E-state index in [1.165, 1.54) is 37.4 Å². The number of alkyl halides is 2. The number of hydrogen-bond acceptors (Lipinski definition) is 5. The van der Waals surface area contributed by atoms with E-state index in [4.69, 9.17) is 16.3 Å². The zero-order valence-electron chi connectivity index (χ0n) is 17.1. The molecule has 0 aliphatic heterocycles. The molecule has 0 atom stereocenters. The van der Waals surface area contributed by atoms with Crippen molar-refractivity contribution in [3.8, 4) is 11.5 Å². The standard InChI is InChI=1S/C20H23ClF2N2O5S/c1-12(2)25-31(27,28)14-5-6-16(21)15(11-14)19(26)24-9-8-13-4-7-17(29-3)18(10-13)30-20(22)23/h4-7,10-12,20,25H,8-9H2,1-3H3,(H,24,26). The lowest BCUT2D eigenvalue weighted by Crippen LogP contribution is -2.31. The first kappa shape index (κ1) is 24.8. The van der Waals surface area contributed by atoms with Gasteiger partial charge in [0.25, 0.3) is 5.91 Å². The normalized spacial score (nSPS) is 11.6. The molecule has 0 unspecified atom stereocenters. The topological polar surface area (TPSA) is 93.7 Å². The van der Waals surface area contributed by atoms with Gasteiger partial charge in [-0.1, -0.05) is 17.7 Å². The van der Waals surface area contributed by atoms with Crippen LogP contribution in [0.3, 0.4) is 0 Å². The number of carbonyl (C=O) groups is 1. The van der Waals surface area contributed by atoms with Crippen LogP contribution in [0.15, 0.2) is 41.3 Å². The highest BCUT2D eigenvalue weighted by Gasteiger charge is 2.19. The van der Waals surface area contributed by atoms with Crippen molar-refractivity contribution in [2.24, 2.45) is 0 Å². The van der Waals surface area contributed by atoms with Crippen molar-refractivity contribution in [3.63, 3.8) is 0 Å². The van der Waals surface area contributed by atoms with Crippen molar-refractivity contribution < 1.29 is 31.5 Å². The Morgan fingerprint density at radius 3 is 2.45 bits per heavy atom. The molecule has 2 aromatic carbocycles. The predicted molar refractivity (Wildman–Crippen MR) is 113 cm³/mol. The molecule has 0 saturated heterocycles. The van der Waals surface area contributed by atoms with Gasteiger partial charge in [0, 0.05) is 12.6 Å². The molecule has 7 nitrogen and oxygen atoms in total. The molecule has 170 valence electrons. The molecule has 0 saturated carbocycles. The van der Waals surface area contributed by atoms with Gasteiger partial charge in [0.15, 0.2) is 11.5 Å². The number of ether oxygens (including phenoxy) is 2. The van der Waals surface area contributed by atoms with Crippen LogP contribution in [0.2, 0.25) is 5.02 Å². The third-order valence-corrected chi connectivity index (χ3v) is 6.01. The summed E-state index contributed by atoms with van der Waals surface area (Å²) in [6.07, 6.45) is 0.305. The second-order valence-corrected chi connectivity index (χ2v) is 8.91. The van der Waals surface area contributed by atoms with E-state index in [2.05, 4.69) is 14.8 Å². The zero-order chi connectivity index (χ0) is 23.2. The fourth-order valence-corrected chi connectivity index (χ4v) is 4.18. The first-order valence-electron chi connectivity index (χ1n) is 9.25. The summed E-state index contributed by atoms with van der Waals surface area (Å²) >= 11 is 6.07. The van der Waals surface area contributed by atoms with Gasteiger partial charge in [-0.05, 0) is 56.2 Å². The second kappa shape index (κ2) is 10.7. The largest absolute Gasteiger partial charge is 0.493 e. The Balaban J connectivity index is 2.09. The molecular formula is C20H23ClF2N2O5S. The van der Waals surface area contributed by atoms with Crippen molar-refractivity contribution in [1.29, 1.82) is 0 Å². The molecule has 0 heterocycles. The molecule has 1 amide bonds. The molecule has 0 aliphatic carbocycles. The minimum absolute atomic E-state index is 0.00440. The SMILES string of the molecule is COc1ccc(CCNC(=O)c2cc(S(=O)(=O)NC(C)C)ccc2Cl)cc1OC(F)F. The van der Waals surface area contributed by atoms with Gasteiger partial charge >= 0.3 is 6.61 Å². The number of rotatable bonds is 10. The molecule has 0 aliphatic rings. The van der Waals surface area contributed by atoms with Crippen LogP contribution in [0.4, 0.5) is 8.78 Å². The molecule has 0 spiro atoms. The number of halogens is 3. The van der Waals surface area contributed by atoms with Crippen molar-refractivity contribution in [2.45, 2.75) is 37.8 Å². The van der Waals surface area contributed by atoms with Crippen LogP contribution in [0.25, 0.3) is 0 Å². The Morgan fingerprint density at radius 2 is 1.84 bits per heavy atom. The Morgan fingerprint density at radius 1 is 1.13 bits per heavy atom. The quantitative estimate of drug-likeness (QED) is 0.546. The third kappa shape index (κ3) is 7.05. The van der Waals surface area contributed by atoms with Crippen LogP contribution in [-0.2, 0) is 16.4 Å². The van der Waals surface area contributed by atoms with Crippen molar-refractivity contribution in [3.05, 3.63) is 52.5 Å². The summed E-state index contributed by atoms with van der Waals surface area (Å²) in [7, 11) is -2.46. The molecule has 0 radical (unpaired) electrons. The van der Waals surface area contributed by atoms with Crippen molar-refractivity contribution >= 4 is 27.5 Å². The Labute approximate surface area is 184 Å².